The number of aromatic hydroxyl groups is 1. The van der Waals surface area contributed by atoms with E-state index in [0.717, 1.165) is 12.0 Å². The third kappa shape index (κ3) is 4.17. The van der Waals surface area contributed by atoms with Crippen LogP contribution in [0.3, 0.4) is 0 Å². The molecule has 2 atom stereocenters. The molecule has 0 amide bonds. The maximum Gasteiger partial charge on any atom is 0.336 e. The van der Waals surface area contributed by atoms with Gasteiger partial charge < -0.3 is 14.6 Å². The lowest BCUT2D eigenvalue weighted by Crippen LogP contribution is -2.41. The van der Waals surface area contributed by atoms with E-state index in [1.54, 1.807) is 13.0 Å². The number of carbonyl (C=O) groups is 1. The Labute approximate surface area is 168 Å². The highest BCUT2D eigenvalue weighted by Crippen LogP contribution is 2.37. The number of aryl methyl sites for hydroxylation is 1. The van der Waals surface area contributed by atoms with E-state index < -0.39 is 17.6 Å². The SMILES string of the molecule is CC[C@H](C)[C@H](NCc1c(C)cc2oc(=O)cc(-c3ccccc3)c2c1O)C(=O)O. The van der Waals surface area contributed by atoms with Gasteiger partial charge in [-0.25, -0.2) is 4.79 Å². The van der Waals surface area contributed by atoms with Crippen molar-refractivity contribution in [3.05, 3.63) is 64.0 Å². The molecule has 6 nitrogen and oxygen atoms in total. The maximum atomic E-state index is 12.1. The van der Waals surface area contributed by atoms with E-state index in [1.807, 2.05) is 44.2 Å². The number of aliphatic carboxylic acids is 1. The van der Waals surface area contributed by atoms with E-state index in [4.69, 9.17) is 4.42 Å². The molecule has 0 radical (unpaired) electrons. The Morgan fingerprint density at radius 3 is 2.52 bits per heavy atom. The van der Waals surface area contributed by atoms with E-state index in [-0.39, 0.29) is 18.2 Å². The normalized spacial score (nSPS) is 13.3. The minimum Gasteiger partial charge on any atom is -0.507 e. The largest absolute Gasteiger partial charge is 0.507 e. The highest BCUT2D eigenvalue weighted by Gasteiger charge is 2.24. The number of fused-ring (bicyclic) bond motifs is 1. The molecule has 0 bridgehead atoms. The fourth-order valence-corrected chi connectivity index (χ4v) is 3.53. The molecule has 6 heteroatoms. The van der Waals surface area contributed by atoms with Crippen molar-refractivity contribution in [3.63, 3.8) is 0 Å². The van der Waals surface area contributed by atoms with Gasteiger partial charge in [-0.15, -0.1) is 0 Å². The van der Waals surface area contributed by atoms with Crippen LogP contribution in [0.15, 0.2) is 51.7 Å². The molecular formula is C23H25NO5. The Morgan fingerprint density at radius 1 is 1.21 bits per heavy atom. The summed E-state index contributed by atoms with van der Waals surface area (Å²) >= 11 is 0. The average molecular weight is 395 g/mol. The molecule has 3 aromatic rings. The van der Waals surface area contributed by atoms with Crippen molar-refractivity contribution >= 4 is 16.9 Å². The highest BCUT2D eigenvalue weighted by atomic mass is 16.4. The monoisotopic (exact) mass is 395 g/mol. The van der Waals surface area contributed by atoms with E-state index in [1.165, 1.54) is 6.07 Å². The Bertz CT molecular complexity index is 1090. The highest BCUT2D eigenvalue weighted by molar-refractivity contribution is 5.98. The summed E-state index contributed by atoms with van der Waals surface area (Å²) in [6, 6.07) is 11.6. The second-order valence-electron chi connectivity index (χ2n) is 7.32. The summed E-state index contributed by atoms with van der Waals surface area (Å²) < 4.78 is 5.33. The second-order valence-corrected chi connectivity index (χ2v) is 7.32. The van der Waals surface area contributed by atoms with Gasteiger partial charge in [0.25, 0.3) is 0 Å². The number of carboxylic acid groups (broad SMARTS) is 1. The molecule has 0 spiro atoms. The molecule has 0 fully saturated rings. The molecule has 152 valence electrons. The van der Waals surface area contributed by atoms with Gasteiger partial charge in [0, 0.05) is 23.7 Å². The average Bonchev–Trinajstić information content (AvgIpc) is 2.69. The molecule has 0 saturated carbocycles. The van der Waals surface area contributed by atoms with Crippen molar-refractivity contribution in [1.82, 2.24) is 5.32 Å². The van der Waals surface area contributed by atoms with Gasteiger partial charge >= 0.3 is 11.6 Å². The molecule has 1 heterocycles. The molecule has 1 aromatic heterocycles. The molecule has 0 saturated heterocycles. The minimum atomic E-state index is -0.923. The van der Waals surface area contributed by atoms with Crippen LogP contribution in [0.1, 0.15) is 31.4 Å². The lowest BCUT2D eigenvalue weighted by Gasteiger charge is -2.21. The Balaban J connectivity index is 2.11. The standard InChI is InChI=1S/C23H25NO5/c1-4-13(2)21(23(27)28)24-12-17-14(3)10-18-20(22(17)26)16(11-19(25)29-18)15-8-6-5-7-9-15/h5-11,13,21,24,26H,4,12H2,1-3H3,(H,27,28)/t13-,21-/m0/s1. The van der Waals surface area contributed by atoms with Gasteiger partial charge in [0.2, 0.25) is 0 Å². The molecule has 3 N–H and O–H groups in total. The van der Waals surface area contributed by atoms with Crippen LogP contribution in [0.5, 0.6) is 5.75 Å². The first-order valence-electron chi connectivity index (χ1n) is 9.64. The number of phenols is 1. The number of phenolic OH excluding ortho intramolecular Hbond substituents is 1. The smallest absolute Gasteiger partial charge is 0.336 e. The summed E-state index contributed by atoms with van der Waals surface area (Å²) in [6.07, 6.45) is 0.718. The Kier molecular flexibility index (Phi) is 6.03. The number of nitrogens with one attached hydrogen (secondary N) is 1. The summed E-state index contributed by atoms with van der Waals surface area (Å²) in [5, 5.41) is 24.1. The fourth-order valence-electron chi connectivity index (χ4n) is 3.53. The van der Waals surface area contributed by atoms with Crippen LogP contribution in [0.4, 0.5) is 0 Å². The quantitative estimate of drug-likeness (QED) is 0.522. The summed E-state index contributed by atoms with van der Waals surface area (Å²) in [4.78, 5) is 23.7. The number of benzene rings is 2. The number of rotatable bonds is 7. The van der Waals surface area contributed by atoms with Crippen LogP contribution in [0, 0.1) is 12.8 Å². The van der Waals surface area contributed by atoms with Crippen LogP contribution in [0.2, 0.25) is 0 Å². The van der Waals surface area contributed by atoms with Gasteiger partial charge in [0.1, 0.15) is 17.4 Å². The molecule has 0 unspecified atom stereocenters. The molecule has 0 aliphatic rings. The molecule has 0 aliphatic carbocycles. The maximum absolute atomic E-state index is 12.1. The first-order valence-corrected chi connectivity index (χ1v) is 9.64. The predicted octanol–water partition coefficient (Wildman–Crippen LogP) is 4.06. The Morgan fingerprint density at radius 2 is 1.90 bits per heavy atom. The lowest BCUT2D eigenvalue weighted by atomic mass is 9.95. The third-order valence-corrected chi connectivity index (χ3v) is 5.40. The van der Waals surface area contributed by atoms with Gasteiger partial charge in [-0.05, 0) is 30.0 Å². The summed E-state index contributed by atoms with van der Waals surface area (Å²) in [6.45, 7) is 5.79. The van der Waals surface area contributed by atoms with Crippen molar-refractivity contribution < 1.29 is 19.4 Å². The van der Waals surface area contributed by atoms with Crippen LogP contribution in [-0.4, -0.2) is 22.2 Å². The predicted molar refractivity (Wildman–Crippen MR) is 112 cm³/mol. The number of hydrogen-bond acceptors (Lipinski definition) is 5. The molecule has 3 rings (SSSR count). The summed E-state index contributed by atoms with van der Waals surface area (Å²) in [7, 11) is 0. The van der Waals surface area contributed by atoms with Gasteiger partial charge in [-0.3, -0.25) is 10.1 Å². The van der Waals surface area contributed by atoms with Crippen molar-refractivity contribution in [2.75, 3.05) is 0 Å². The molecular weight excluding hydrogens is 370 g/mol. The van der Waals surface area contributed by atoms with Gasteiger partial charge in [-0.1, -0.05) is 50.6 Å². The van der Waals surface area contributed by atoms with E-state index >= 15 is 0 Å². The zero-order chi connectivity index (χ0) is 21.1. The molecule has 0 aliphatic heterocycles. The fraction of sp³-hybridized carbons (Fsp3) is 0.304. The van der Waals surface area contributed by atoms with Crippen LogP contribution in [-0.2, 0) is 11.3 Å². The minimum absolute atomic E-state index is 0.0107. The topological polar surface area (TPSA) is 99.8 Å². The van der Waals surface area contributed by atoms with E-state index in [2.05, 4.69) is 5.32 Å². The van der Waals surface area contributed by atoms with Crippen molar-refractivity contribution in [2.24, 2.45) is 5.92 Å². The third-order valence-electron chi connectivity index (χ3n) is 5.40. The first-order chi connectivity index (χ1) is 13.8. The van der Waals surface area contributed by atoms with E-state index in [9.17, 15) is 19.8 Å². The van der Waals surface area contributed by atoms with Gasteiger partial charge in [0.05, 0.1) is 5.39 Å². The van der Waals surface area contributed by atoms with Gasteiger partial charge in [-0.2, -0.15) is 0 Å². The van der Waals surface area contributed by atoms with Crippen LogP contribution < -0.4 is 10.9 Å². The van der Waals surface area contributed by atoms with Crippen molar-refractivity contribution in [1.29, 1.82) is 0 Å². The second kappa shape index (κ2) is 8.49. The zero-order valence-corrected chi connectivity index (χ0v) is 16.7. The summed E-state index contributed by atoms with van der Waals surface area (Å²) in [5.41, 5.74) is 2.46. The van der Waals surface area contributed by atoms with Gasteiger partial charge in [0.15, 0.2) is 0 Å². The van der Waals surface area contributed by atoms with Crippen molar-refractivity contribution in [3.8, 4) is 16.9 Å². The lowest BCUT2D eigenvalue weighted by molar-refractivity contribution is -0.140. The molecule has 29 heavy (non-hydrogen) atoms. The molecule has 2 aromatic carbocycles. The van der Waals surface area contributed by atoms with Crippen LogP contribution in [0.25, 0.3) is 22.1 Å². The van der Waals surface area contributed by atoms with Crippen LogP contribution >= 0.6 is 0 Å². The number of carboxylic acids is 1. The van der Waals surface area contributed by atoms with E-state index in [0.29, 0.717) is 27.7 Å². The number of hydrogen-bond donors (Lipinski definition) is 3. The summed E-state index contributed by atoms with van der Waals surface area (Å²) in [5.74, 6) is -0.995. The zero-order valence-electron chi connectivity index (χ0n) is 16.7. The first kappa shape index (κ1) is 20.6. The Hall–Kier alpha value is -3.12. The van der Waals surface area contributed by atoms with Crippen molar-refractivity contribution in [2.45, 2.75) is 39.8 Å².